The third kappa shape index (κ3) is 6.36. The summed E-state index contributed by atoms with van der Waals surface area (Å²) in [5.41, 5.74) is 0.958. The number of rotatable bonds is 7. The molecule has 0 radical (unpaired) electrons. The highest BCUT2D eigenvalue weighted by Crippen LogP contribution is 2.33. The van der Waals surface area contributed by atoms with Crippen molar-refractivity contribution in [2.24, 2.45) is 0 Å². The smallest absolute Gasteiger partial charge is 0.396 e. The molecule has 2 heterocycles. The Labute approximate surface area is 203 Å². The molecule has 1 saturated heterocycles. The van der Waals surface area contributed by atoms with E-state index in [0.717, 1.165) is 25.2 Å². The monoisotopic (exact) mass is 511 g/mol. The van der Waals surface area contributed by atoms with Gasteiger partial charge in [-0.1, -0.05) is 11.3 Å². The molecule has 13 heteroatoms. The lowest BCUT2D eigenvalue weighted by Crippen LogP contribution is -2.67. The van der Waals surface area contributed by atoms with Gasteiger partial charge in [-0.15, -0.1) is 0 Å². The zero-order chi connectivity index (χ0) is 25.9. The van der Waals surface area contributed by atoms with Gasteiger partial charge in [0.2, 0.25) is 12.2 Å². The average molecular weight is 512 g/mol. The van der Waals surface area contributed by atoms with Gasteiger partial charge < -0.3 is 33.4 Å². The summed E-state index contributed by atoms with van der Waals surface area (Å²) in [5.74, 6) is -2.23. The van der Waals surface area contributed by atoms with Crippen LogP contribution in [-0.2, 0) is 38.1 Å². The number of aryl methyl sites for hydroxylation is 1. The van der Waals surface area contributed by atoms with Gasteiger partial charge >= 0.3 is 22.8 Å². The summed E-state index contributed by atoms with van der Waals surface area (Å²) in [6.07, 6.45) is -4.84. The van der Waals surface area contributed by atoms with Crippen molar-refractivity contribution in [2.45, 2.75) is 65.3 Å². The molecule has 1 N–H and O–H groups in total. The molecule has 1 fully saturated rings. The third-order valence-corrected chi connectivity index (χ3v) is 5.97. The number of fused-ring (bicyclic) bond motifs is 1. The molecule has 1 aliphatic heterocycles. The molecule has 190 valence electrons. The maximum Gasteiger partial charge on any atom is 0.396 e. The average Bonchev–Trinajstić information content (AvgIpc) is 3.13. The number of carbonyl (C=O) groups is 4. The van der Waals surface area contributed by atoms with Crippen LogP contribution in [-0.4, -0.2) is 61.1 Å². The summed E-state index contributed by atoms with van der Waals surface area (Å²) in [5, 5.41) is 2.63. The highest BCUT2D eigenvalue weighted by Gasteiger charge is 2.52. The fraction of sp³-hybridized carbons (Fsp3) is 0.500. The summed E-state index contributed by atoms with van der Waals surface area (Å²) < 4.78 is 33.6. The first-order valence-corrected chi connectivity index (χ1v) is 11.4. The van der Waals surface area contributed by atoms with E-state index in [2.05, 4.69) is 5.32 Å². The molecule has 0 spiro atoms. The number of amides is 1. The summed E-state index contributed by atoms with van der Waals surface area (Å²) >= 11 is 0.897. The number of carbonyl (C=O) groups excluding carboxylic acids is 4. The van der Waals surface area contributed by atoms with Crippen molar-refractivity contribution < 1.29 is 47.3 Å². The third-order valence-electron chi connectivity index (χ3n) is 5.01. The zero-order valence-electron chi connectivity index (χ0n) is 19.6. The molecular weight excluding hydrogens is 486 g/mol. The highest BCUT2D eigenvalue weighted by atomic mass is 32.1. The van der Waals surface area contributed by atoms with E-state index >= 15 is 0 Å². The fourth-order valence-electron chi connectivity index (χ4n) is 3.69. The van der Waals surface area contributed by atoms with Crippen molar-refractivity contribution in [1.82, 2.24) is 5.32 Å². The maximum atomic E-state index is 12.0. The van der Waals surface area contributed by atoms with Crippen LogP contribution in [0.15, 0.2) is 21.3 Å². The van der Waals surface area contributed by atoms with Gasteiger partial charge in [0, 0.05) is 33.3 Å². The Hall–Kier alpha value is -3.45. The first-order valence-electron chi connectivity index (χ1n) is 10.6. The summed E-state index contributed by atoms with van der Waals surface area (Å²) in [6.45, 7) is 6.10. The molecule has 2 aromatic rings. The van der Waals surface area contributed by atoms with Crippen molar-refractivity contribution in [1.29, 1.82) is 0 Å². The van der Waals surface area contributed by atoms with Gasteiger partial charge in [-0.25, -0.2) is 4.79 Å². The van der Waals surface area contributed by atoms with Crippen LogP contribution >= 0.6 is 11.3 Å². The van der Waals surface area contributed by atoms with E-state index in [-0.39, 0.29) is 6.61 Å². The largest absolute Gasteiger partial charge is 0.463 e. The zero-order valence-corrected chi connectivity index (χ0v) is 20.5. The quantitative estimate of drug-likeness (QED) is 0.421. The van der Waals surface area contributed by atoms with Gasteiger partial charge in [0.1, 0.15) is 30.1 Å². The van der Waals surface area contributed by atoms with Crippen molar-refractivity contribution in [3.8, 4) is 5.75 Å². The molecule has 1 aromatic carbocycles. The van der Waals surface area contributed by atoms with E-state index in [0.29, 0.717) is 21.6 Å². The van der Waals surface area contributed by atoms with Gasteiger partial charge in [0.05, 0.1) is 4.70 Å². The minimum atomic E-state index is -1.27. The molecule has 3 rings (SSSR count). The Balaban J connectivity index is 2.03. The minimum absolute atomic E-state index is 0.300. The van der Waals surface area contributed by atoms with Crippen LogP contribution in [0.4, 0.5) is 0 Å². The van der Waals surface area contributed by atoms with Crippen molar-refractivity contribution in [3.63, 3.8) is 0 Å². The molecular formula is C22H25NO11S. The van der Waals surface area contributed by atoms with Crippen molar-refractivity contribution >= 4 is 45.4 Å². The normalized spacial score (nSPS) is 23.9. The van der Waals surface area contributed by atoms with Gasteiger partial charge in [-0.05, 0) is 19.1 Å². The van der Waals surface area contributed by atoms with Crippen molar-refractivity contribution in [2.75, 3.05) is 6.61 Å². The van der Waals surface area contributed by atoms with Gasteiger partial charge in [0.25, 0.3) is 0 Å². The predicted molar refractivity (Wildman–Crippen MR) is 120 cm³/mol. The second-order valence-corrected chi connectivity index (χ2v) is 8.75. The van der Waals surface area contributed by atoms with E-state index in [1.54, 1.807) is 19.1 Å². The molecule has 1 amide bonds. The highest BCUT2D eigenvalue weighted by molar-refractivity contribution is 7.16. The Bertz CT molecular complexity index is 1190. The molecule has 1 aliphatic rings. The Morgan fingerprint density at radius 1 is 1.00 bits per heavy atom. The number of hydrogen-bond acceptors (Lipinski definition) is 12. The molecule has 35 heavy (non-hydrogen) atoms. The topological polar surface area (TPSA) is 157 Å². The van der Waals surface area contributed by atoms with Crippen LogP contribution in [0.2, 0.25) is 0 Å². The molecule has 0 saturated carbocycles. The van der Waals surface area contributed by atoms with Gasteiger partial charge in [-0.2, -0.15) is 0 Å². The number of esters is 3. The van der Waals surface area contributed by atoms with Gasteiger partial charge in [-0.3, -0.25) is 19.2 Å². The Kier molecular flexibility index (Phi) is 8.12. The van der Waals surface area contributed by atoms with E-state index < -0.39 is 59.4 Å². The summed E-state index contributed by atoms with van der Waals surface area (Å²) in [6, 6.07) is 1.99. The molecule has 0 aliphatic carbocycles. The number of nitrogens with one attached hydrogen (secondary N) is 1. The van der Waals surface area contributed by atoms with E-state index in [4.69, 9.17) is 28.1 Å². The lowest BCUT2D eigenvalue weighted by Gasteiger charge is -2.44. The molecule has 0 bridgehead atoms. The fourth-order valence-corrected chi connectivity index (χ4v) is 4.46. The second kappa shape index (κ2) is 10.9. The van der Waals surface area contributed by atoms with Crippen LogP contribution in [0.1, 0.15) is 33.3 Å². The molecule has 12 nitrogen and oxygen atoms in total. The molecule has 0 unspecified atom stereocenters. The van der Waals surface area contributed by atoms with E-state index in [1.165, 1.54) is 13.8 Å². The van der Waals surface area contributed by atoms with Crippen LogP contribution in [0.5, 0.6) is 5.75 Å². The first kappa shape index (κ1) is 26.2. The lowest BCUT2D eigenvalue weighted by molar-refractivity contribution is -0.257. The Morgan fingerprint density at radius 3 is 2.26 bits per heavy atom. The van der Waals surface area contributed by atoms with E-state index in [9.17, 15) is 24.0 Å². The minimum Gasteiger partial charge on any atom is -0.463 e. The number of benzene rings is 1. The maximum absolute atomic E-state index is 12.0. The van der Waals surface area contributed by atoms with Crippen LogP contribution in [0.25, 0.3) is 10.3 Å². The number of ether oxygens (including phenoxy) is 5. The predicted octanol–water partition coefficient (Wildman–Crippen LogP) is 1.20. The van der Waals surface area contributed by atoms with Crippen LogP contribution < -0.4 is 15.0 Å². The SMILES string of the molecule is CC(=O)N[C@H]1[C@@H](Oc2ccc3oc(=O)sc3c2C)O[C@@H](COC(C)=O)[C@@H](OC(C)=O)[C@@H]1OC(C)=O. The van der Waals surface area contributed by atoms with Gasteiger partial charge in [0.15, 0.2) is 12.2 Å². The van der Waals surface area contributed by atoms with Crippen molar-refractivity contribution in [3.05, 3.63) is 27.4 Å². The Morgan fingerprint density at radius 2 is 1.66 bits per heavy atom. The van der Waals surface area contributed by atoms with Crippen LogP contribution in [0.3, 0.4) is 0 Å². The summed E-state index contributed by atoms with van der Waals surface area (Å²) in [7, 11) is 0. The lowest BCUT2D eigenvalue weighted by atomic mass is 9.96. The second-order valence-electron chi connectivity index (χ2n) is 7.81. The van der Waals surface area contributed by atoms with Crippen LogP contribution in [0, 0.1) is 6.92 Å². The molecule has 5 atom stereocenters. The number of hydrogen-bond donors (Lipinski definition) is 1. The standard InChI is InChI=1S/C22H25NO11S/c1-9-14(6-7-15-20(9)35-22(28)34-15)32-21-17(23-10(2)24)19(31-13(5)27)18(30-12(4)26)16(33-21)8-29-11(3)25/h6-7,16-19,21H,8H2,1-5H3,(H,23,24)/t16-,17+,18+,19+,21-/m0/s1. The summed E-state index contributed by atoms with van der Waals surface area (Å²) in [4.78, 5) is 58.4. The first-order chi connectivity index (χ1) is 16.5. The van der Waals surface area contributed by atoms with E-state index in [1.807, 2.05) is 0 Å². The molecule has 1 aromatic heterocycles.